The number of carbonyl (C=O) groups excluding carboxylic acids is 1. The molecule has 0 aliphatic carbocycles. The topological polar surface area (TPSA) is 88.3 Å². The number of nitrogens with zero attached hydrogens (tertiary/aromatic N) is 1. The summed E-state index contributed by atoms with van der Waals surface area (Å²) in [6, 6.07) is 8.45. The van der Waals surface area contributed by atoms with Gasteiger partial charge in [0.2, 0.25) is 0 Å². The Morgan fingerprint density at radius 1 is 1.32 bits per heavy atom. The number of H-pyrrole nitrogens is 1. The SMILES string of the molecule is COc1ccc(C[C@H]2NCC[C@H]2OC(=O)NCc2cc(C(F)(F)F)n[nH]2)cc1. The maximum absolute atomic E-state index is 12.5. The lowest BCUT2D eigenvalue weighted by molar-refractivity contribution is -0.141. The third kappa shape index (κ3) is 5.16. The number of aromatic nitrogens is 2. The fourth-order valence-electron chi connectivity index (χ4n) is 3.05. The van der Waals surface area contributed by atoms with Gasteiger partial charge in [-0.15, -0.1) is 0 Å². The number of methoxy groups -OCH3 is 1. The number of halogens is 3. The maximum Gasteiger partial charge on any atom is 0.435 e. The van der Waals surface area contributed by atoms with Crippen LogP contribution in [0.1, 0.15) is 23.4 Å². The smallest absolute Gasteiger partial charge is 0.435 e. The van der Waals surface area contributed by atoms with E-state index >= 15 is 0 Å². The van der Waals surface area contributed by atoms with Crippen LogP contribution in [0.2, 0.25) is 0 Å². The van der Waals surface area contributed by atoms with E-state index in [9.17, 15) is 18.0 Å². The van der Waals surface area contributed by atoms with E-state index in [0.29, 0.717) is 19.4 Å². The van der Waals surface area contributed by atoms with Gasteiger partial charge in [0.25, 0.3) is 0 Å². The van der Waals surface area contributed by atoms with E-state index in [0.717, 1.165) is 17.4 Å². The third-order valence-corrected chi connectivity index (χ3v) is 4.50. The van der Waals surface area contributed by atoms with Crippen molar-refractivity contribution in [2.75, 3.05) is 13.7 Å². The number of benzene rings is 1. The molecule has 1 fully saturated rings. The molecule has 0 unspecified atom stereocenters. The molecule has 0 saturated carbocycles. The highest BCUT2D eigenvalue weighted by atomic mass is 19.4. The molecule has 1 saturated heterocycles. The van der Waals surface area contributed by atoms with Crippen molar-refractivity contribution in [1.29, 1.82) is 0 Å². The highest BCUT2D eigenvalue weighted by Gasteiger charge is 2.34. The van der Waals surface area contributed by atoms with Gasteiger partial charge >= 0.3 is 12.3 Å². The number of amides is 1. The van der Waals surface area contributed by atoms with Gasteiger partial charge in [-0.1, -0.05) is 12.1 Å². The molecule has 0 bridgehead atoms. The summed E-state index contributed by atoms with van der Waals surface area (Å²) in [5, 5.41) is 11.2. The van der Waals surface area contributed by atoms with Gasteiger partial charge < -0.3 is 20.1 Å². The molecule has 10 heteroatoms. The zero-order valence-corrected chi connectivity index (χ0v) is 15.2. The molecule has 7 nitrogen and oxygen atoms in total. The summed E-state index contributed by atoms with van der Waals surface area (Å²) in [4.78, 5) is 12.0. The number of ether oxygens (including phenoxy) is 2. The first-order valence-electron chi connectivity index (χ1n) is 8.77. The second-order valence-corrected chi connectivity index (χ2v) is 6.47. The molecule has 28 heavy (non-hydrogen) atoms. The molecule has 152 valence electrons. The predicted molar refractivity (Wildman–Crippen MR) is 93.8 cm³/mol. The van der Waals surface area contributed by atoms with Crippen molar-refractivity contribution in [1.82, 2.24) is 20.8 Å². The van der Waals surface area contributed by atoms with Gasteiger partial charge in [-0.05, 0) is 43.1 Å². The van der Waals surface area contributed by atoms with E-state index in [1.165, 1.54) is 0 Å². The Balaban J connectivity index is 1.49. The summed E-state index contributed by atoms with van der Waals surface area (Å²) in [6.45, 7) is 0.583. The molecule has 2 atom stereocenters. The first-order chi connectivity index (χ1) is 13.3. The van der Waals surface area contributed by atoms with E-state index in [2.05, 4.69) is 20.8 Å². The molecule has 2 heterocycles. The van der Waals surface area contributed by atoms with Gasteiger partial charge in [0, 0.05) is 6.04 Å². The van der Waals surface area contributed by atoms with Crippen molar-refractivity contribution in [3.05, 3.63) is 47.3 Å². The lowest BCUT2D eigenvalue weighted by Crippen LogP contribution is -2.38. The first-order valence-corrected chi connectivity index (χ1v) is 8.77. The Hall–Kier alpha value is -2.75. The average Bonchev–Trinajstić information content (AvgIpc) is 3.30. The lowest BCUT2D eigenvalue weighted by atomic mass is 10.0. The van der Waals surface area contributed by atoms with Crippen LogP contribution in [0.3, 0.4) is 0 Å². The second-order valence-electron chi connectivity index (χ2n) is 6.47. The third-order valence-electron chi connectivity index (χ3n) is 4.50. The van der Waals surface area contributed by atoms with Gasteiger partial charge in [-0.25, -0.2) is 4.79 Å². The van der Waals surface area contributed by atoms with Gasteiger partial charge in [0.15, 0.2) is 5.69 Å². The highest BCUT2D eigenvalue weighted by molar-refractivity contribution is 5.67. The molecule has 1 aliphatic rings. The highest BCUT2D eigenvalue weighted by Crippen LogP contribution is 2.27. The van der Waals surface area contributed by atoms with Crippen LogP contribution in [-0.2, 0) is 23.9 Å². The van der Waals surface area contributed by atoms with Crippen LogP contribution in [0, 0.1) is 0 Å². The molecule has 2 aromatic rings. The number of carbonyl (C=O) groups is 1. The molecular formula is C18H21F3N4O3. The zero-order valence-electron chi connectivity index (χ0n) is 15.2. The van der Waals surface area contributed by atoms with Crippen LogP contribution in [0.25, 0.3) is 0 Å². The summed E-state index contributed by atoms with van der Waals surface area (Å²) >= 11 is 0. The second kappa shape index (κ2) is 8.51. The van der Waals surface area contributed by atoms with Gasteiger partial charge in [-0.3, -0.25) is 5.10 Å². The summed E-state index contributed by atoms with van der Waals surface area (Å²) in [7, 11) is 1.60. The van der Waals surface area contributed by atoms with E-state index < -0.39 is 18.0 Å². The molecular weight excluding hydrogens is 377 g/mol. The summed E-state index contributed by atoms with van der Waals surface area (Å²) in [5.41, 5.74) is 0.187. The van der Waals surface area contributed by atoms with Crippen LogP contribution in [-0.4, -0.2) is 42.1 Å². The van der Waals surface area contributed by atoms with Crippen molar-refractivity contribution in [2.24, 2.45) is 0 Å². The van der Waals surface area contributed by atoms with Crippen LogP contribution in [0.4, 0.5) is 18.0 Å². The lowest BCUT2D eigenvalue weighted by Gasteiger charge is -2.20. The molecule has 0 radical (unpaired) electrons. The van der Waals surface area contributed by atoms with Crippen LogP contribution >= 0.6 is 0 Å². The molecule has 3 N–H and O–H groups in total. The number of nitrogens with one attached hydrogen (secondary N) is 3. The van der Waals surface area contributed by atoms with Crippen LogP contribution in [0.5, 0.6) is 5.75 Å². The Morgan fingerprint density at radius 3 is 2.71 bits per heavy atom. The Morgan fingerprint density at radius 2 is 2.07 bits per heavy atom. The van der Waals surface area contributed by atoms with E-state index in [-0.39, 0.29) is 24.4 Å². The van der Waals surface area contributed by atoms with Crippen LogP contribution in [0.15, 0.2) is 30.3 Å². The fraction of sp³-hybridized carbons (Fsp3) is 0.444. The minimum atomic E-state index is -4.53. The Labute approximate surface area is 159 Å². The number of hydrogen-bond acceptors (Lipinski definition) is 5. The standard InChI is InChI=1S/C18H21F3N4O3/c1-27-13-4-2-11(3-5-13)8-14-15(6-7-22-14)28-17(26)23-10-12-9-16(25-24-12)18(19,20)21/h2-5,9,14-15,22H,6-8,10H2,1H3,(H,23,26)(H,24,25)/t14-,15-/m1/s1. The van der Waals surface area contributed by atoms with Crippen LogP contribution < -0.4 is 15.4 Å². The maximum atomic E-state index is 12.5. The monoisotopic (exact) mass is 398 g/mol. The molecule has 0 spiro atoms. The predicted octanol–water partition coefficient (Wildman–Crippen LogP) is 2.64. The van der Waals surface area contributed by atoms with Gasteiger partial charge in [0.05, 0.1) is 19.3 Å². The first kappa shape index (κ1) is 20.0. The number of rotatable bonds is 6. The van der Waals surface area contributed by atoms with E-state index in [4.69, 9.17) is 9.47 Å². The van der Waals surface area contributed by atoms with Gasteiger partial charge in [0.1, 0.15) is 11.9 Å². The summed E-state index contributed by atoms with van der Waals surface area (Å²) < 4.78 is 48.2. The normalized spacial score (nSPS) is 19.4. The summed E-state index contributed by atoms with van der Waals surface area (Å²) in [6.07, 6.45) is -4.20. The van der Waals surface area contributed by atoms with E-state index in [1.807, 2.05) is 24.3 Å². The zero-order chi connectivity index (χ0) is 20.1. The average molecular weight is 398 g/mol. The van der Waals surface area contributed by atoms with E-state index in [1.54, 1.807) is 7.11 Å². The van der Waals surface area contributed by atoms with Crippen molar-refractivity contribution in [3.63, 3.8) is 0 Å². The number of hydrogen-bond donors (Lipinski definition) is 3. The van der Waals surface area contributed by atoms with Crippen molar-refractivity contribution in [2.45, 2.75) is 37.7 Å². The summed E-state index contributed by atoms with van der Waals surface area (Å²) in [5.74, 6) is 0.766. The van der Waals surface area contributed by atoms with Crippen molar-refractivity contribution < 1.29 is 27.4 Å². The molecule has 3 rings (SSSR count). The number of alkyl carbamates (subject to hydrolysis) is 1. The van der Waals surface area contributed by atoms with Gasteiger partial charge in [-0.2, -0.15) is 18.3 Å². The largest absolute Gasteiger partial charge is 0.497 e. The van der Waals surface area contributed by atoms with Crippen molar-refractivity contribution in [3.8, 4) is 5.75 Å². The Bertz CT molecular complexity index is 792. The fourth-order valence-corrected chi connectivity index (χ4v) is 3.05. The molecule has 1 aliphatic heterocycles. The molecule has 1 aromatic carbocycles. The number of alkyl halides is 3. The Kier molecular flexibility index (Phi) is 6.08. The van der Waals surface area contributed by atoms with Crippen molar-refractivity contribution >= 4 is 6.09 Å². The quantitative estimate of drug-likeness (QED) is 0.696. The minimum absolute atomic E-state index is 0.0388. The molecule has 1 aromatic heterocycles. The minimum Gasteiger partial charge on any atom is -0.497 e. The molecule has 1 amide bonds. The number of aromatic amines is 1.